The summed E-state index contributed by atoms with van der Waals surface area (Å²) in [7, 11) is 0. The van der Waals surface area contributed by atoms with Crippen molar-refractivity contribution in [2.45, 2.75) is 103 Å². The van der Waals surface area contributed by atoms with Gasteiger partial charge >= 0.3 is 11.9 Å². The van der Waals surface area contributed by atoms with Gasteiger partial charge in [0.25, 0.3) is 0 Å². The summed E-state index contributed by atoms with van der Waals surface area (Å²) >= 11 is 0. The topological polar surface area (TPSA) is 84.9 Å². The van der Waals surface area contributed by atoms with Gasteiger partial charge in [0.15, 0.2) is 0 Å². The molecule has 6 heteroatoms. The largest absolute Gasteiger partial charge is 0.464 e. The number of unbranched alkanes of at least 4 members (excludes halogenated alkanes) is 7. The van der Waals surface area contributed by atoms with E-state index >= 15 is 0 Å². The molecule has 0 saturated carbocycles. The van der Waals surface area contributed by atoms with Gasteiger partial charge in [-0.3, -0.25) is 5.32 Å². The highest BCUT2D eigenvalue weighted by Crippen LogP contribution is 2.41. The van der Waals surface area contributed by atoms with Crippen LogP contribution in [0.25, 0.3) is 0 Å². The Balaban J connectivity index is 3.15. The lowest BCUT2D eigenvalue weighted by Crippen LogP contribution is -2.61. The second-order valence-electron chi connectivity index (χ2n) is 8.50. The minimum absolute atomic E-state index is 0.100. The number of rotatable bonds is 16. The Labute approximate surface area is 189 Å². The highest BCUT2D eigenvalue weighted by molar-refractivity contribution is 6.06. The smallest absolute Gasteiger partial charge is 0.338 e. The van der Waals surface area contributed by atoms with Crippen LogP contribution < -0.4 is 5.32 Å². The maximum absolute atomic E-state index is 13.1. The zero-order valence-corrected chi connectivity index (χ0v) is 20.2. The molecule has 0 amide bonds. The van der Waals surface area contributed by atoms with E-state index in [-0.39, 0.29) is 37.7 Å². The molecule has 0 aromatic rings. The normalized spacial score (nSPS) is 22.7. The quantitative estimate of drug-likeness (QED) is 0.159. The van der Waals surface area contributed by atoms with Crippen LogP contribution in [-0.2, 0) is 19.1 Å². The molecule has 0 bridgehead atoms. The summed E-state index contributed by atoms with van der Waals surface area (Å²) in [5, 5.41) is 13.5. The van der Waals surface area contributed by atoms with E-state index in [1.54, 1.807) is 13.8 Å². The van der Waals surface area contributed by atoms with Crippen molar-refractivity contribution in [3.63, 3.8) is 0 Å². The number of hydrogen-bond donors (Lipinski definition) is 2. The summed E-state index contributed by atoms with van der Waals surface area (Å²) in [5.74, 6) is -1.80. The average molecular weight is 440 g/mol. The average Bonchev–Trinajstić information content (AvgIpc) is 3.08. The van der Waals surface area contributed by atoms with Crippen LogP contribution in [-0.4, -0.2) is 48.4 Å². The number of ether oxygens (including phenoxy) is 2. The minimum atomic E-state index is -1.57. The van der Waals surface area contributed by atoms with Gasteiger partial charge in [0.05, 0.1) is 13.2 Å². The molecule has 180 valence electrons. The second kappa shape index (κ2) is 15.4. The number of carbonyl (C=O) groups is 2. The van der Waals surface area contributed by atoms with Gasteiger partial charge in [-0.25, -0.2) is 9.59 Å². The fourth-order valence-corrected chi connectivity index (χ4v) is 4.63. The summed E-state index contributed by atoms with van der Waals surface area (Å²) in [6, 6.07) is -0.277. The van der Waals surface area contributed by atoms with Gasteiger partial charge in [-0.15, -0.1) is 0 Å². The molecule has 1 heterocycles. The first kappa shape index (κ1) is 27.6. The van der Waals surface area contributed by atoms with Crippen molar-refractivity contribution >= 4 is 11.9 Å². The third-order valence-electron chi connectivity index (χ3n) is 6.27. The van der Waals surface area contributed by atoms with Crippen LogP contribution in [0, 0.1) is 11.8 Å². The standard InChI is InChI=1S/C25H45NO5/c1-5-9-11-13-14-16-18-22-20(19-27)21(17-15-12-10-6-2)25(26-22,23(28)30-7-3)24(29)31-8-4/h16,18,20-22,26-27H,5-15,17,19H2,1-4H3/b18-16+/t20-,21-,22-/m1/s1. The molecular formula is C25H45NO5. The first-order chi connectivity index (χ1) is 15.0. The van der Waals surface area contributed by atoms with Crippen LogP contribution in [0.4, 0.5) is 0 Å². The molecule has 3 atom stereocenters. The Kier molecular flexibility index (Phi) is 13.7. The van der Waals surface area contributed by atoms with Gasteiger partial charge in [0.1, 0.15) is 0 Å². The van der Waals surface area contributed by atoms with E-state index in [9.17, 15) is 14.7 Å². The zero-order valence-electron chi connectivity index (χ0n) is 20.2. The summed E-state index contributed by atoms with van der Waals surface area (Å²) < 4.78 is 10.7. The fraction of sp³-hybridized carbons (Fsp3) is 0.840. The van der Waals surface area contributed by atoms with Gasteiger partial charge in [-0.2, -0.15) is 0 Å². The van der Waals surface area contributed by atoms with Gasteiger partial charge in [-0.1, -0.05) is 70.9 Å². The molecular weight excluding hydrogens is 394 g/mol. The number of allylic oxidation sites excluding steroid dienone is 1. The third kappa shape index (κ3) is 7.60. The number of nitrogens with one attached hydrogen (secondary N) is 1. The molecule has 0 radical (unpaired) electrons. The molecule has 0 aromatic heterocycles. The second-order valence-corrected chi connectivity index (χ2v) is 8.50. The highest BCUT2D eigenvalue weighted by atomic mass is 16.6. The van der Waals surface area contributed by atoms with Crippen molar-refractivity contribution in [3.05, 3.63) is 12.2 Å². The van der Waals surface area contributed by atoms with E-state index in [4.69, 9.17) is 9.47 Å². The Bertz CT molecular complexity index is 530. The van der Waals surface area contributed by atoms with Crippen molar-refractivity contribution in [1.82, 2.24) is 5.32 Å². The lowest BCUT2D eigenvalue weighted by atomic mass is 9.75. The van der Waals surface area contributed by atoms with Gasteiger partial charge in [-0.05, 0) is 33.1 Å². The van der Waals surface area contributed by atoms with Crippen molar-refractivity contribution in [1.29, 1.82) is 0 Å². The van der Waals surface area contributed by atoms with Gasteiger partial charge < -0.3 is 14.6 Å². The molecule has 0 aromatic carbocycles. The van der Waals surface area contributed by atoms with E-state index in [0.29, 0.717) is 6.42 Å². The Morgan fingerprint density at radius 2 is 1.48 bits per heavy atom. The number of aliphatic hydroxyl groups is 1. The van der Waals surface area contributed by atoms with E-state index in [1.165, 1.54) is 19.3 Å². The van der Waals surface area contributed by atoms with E-state index in [2.05, 4.69) is 25.2 Å². The number of hydrogen-bond acceptors (Lipinski definition) is 6. The summed E-state index contributed by atoms with van der Waals surface area (Å²) in [6.07, 6.45) is 14.6. The first-order valence-electron chi connectivity index (χ1n) is 12.4. The molecule has 0 spiro atoms. The fourth-order valence-electron chi connectivity index (χ4n) is 4.63. The van der Waals surface area contributed by atoms with Gasteiger partial charge in [0.2, 0.25) is 5.54 Å². The van der Waals surface area contributed by atoms with Crippen molar-refractivity contribution in [3.8, 4) is 0 Å². The van der Waals surface area contributed by atoms with E-state index in [1.807, 2.05) is 6.08 Å². The number of esters is 2. The molecule has 1 aliphatic heterocycles. The molecule has 1 aliphatic rings. The summed E-state index contributed by atoms with van der Waals surface area (Å²) in [5.41, 5.74) is -1.57. The lowest BCUT2D eigenvalue weighted by molar-refractivity contribution is -0.168. The maximum Gasteiger partial charge on any atom is 0.338 e. The number of aliphatic hydroxyl groups excluding tert-OH is 1. The molecule has 6 nitrogen and oxygen atoms in total. The van der Waals surface area contributed by atoms with Crippen LogP contribution in [0.15, 0.2) is 12.2 Å². The van der Waals surface area contributed by atoms with Gasteiger partial charge in [0, 0.05) is 24.5 Å². The SMILES string of the molecule is CCCCCC/C=C/[C@H]1NC(C(=O)OCC)(C(=O)OCC)[C@H](CCCCCC)[C@H]1CO. The third-order valence-corrected chi connectivity index (χ3v) is 6.27. The van der Waals surface area contributed by atoms with Crippen molar-refractivity contribution in [2.75, 3.05) is 19.8 Å². The van der Waals surface area contributed by atoms with Crippen molar-refractivity contribution in [2.24, 2.45) is 11.8 Å². The summed E-state index contributed by atoms with van der Waals surface area (Å²) in [6.45, 7) is 8.08. The highest BCUT2D eigenvalue weighted by Gasteiger charge is 2.63. The Morgan fingerprint density at radius 3 is 2.00 bits per heavy atom. The van der Waals surface area contributed by atoms with Crippen LogP contribution >= 0.6 is 0 Å². The predicted octanol–water partition coefficient (Wildman–Crippen LogP) is 4.54. The maximum atomic E-state index is 13.1. The minimum Gasteiger partial charge on any atom is -0.464 e. The van der Waals surface area contributed by atoms with Crippen LogP contribution in [0.5, 0.6) is 0 Å². The van der Waals surface area contributed by atoms with Crippen LogP contribution in [0.3, 0.4) is 0 Å². The molecule has 1 rings (SSSR count). The predicted molar refractivity (Wildman–Crippen MR) is 124 cm³/mol. The van der Waals surface area contributed by atoms with E-state index in [0.717, 1.165) is 38.5 Å². The molecule has 0 unspecified atom stereocenters. The number of carbonyl (C=O) groups excluding carboxylic acids is 2. The molecule has 2 N–H and O–H groups in total. The van der Waals surface area contributed by atoms with Crippen molar-refractivity contribution < 1.29 is 24.2 Å². The lowest BCUT2D eigenvalue weighted by Gasteiger charge is -2.32. The van der Waals surface area contributed by atoms with Crippen LogP contribution in [0.1, 0.15) is 91.9 Å². The molecule has 1 fully saturated rings. The zero-order chi connectivity index (χ0) is 23.1. The van der Waals surface area contributed by atoms with E-state index < -0.39 is 17.5 Å². The summed E-state index contributed by atoms with van der Waals surface area (Å²) in [4.78, 5) is 26.3. The molecule has 31 heavy (non-hydrogen) atoms. The first-order valence-corrected chi connectivity index (χ1v) is 12.4. The van der Waals surface area contributed by atoms with Crippen LogP contribution in [0.2, 0.25) is 0 Å². The molecule has 1 saturated heterocycles. The Hall–Kier alpha value is -1.40. The Morgan fingerprint density at radius 1 is 0.903 bits per heavy atom. The monoisotopic (exact) mass is 439 g/mol. The molecule has 0 aliphatic carbocycles.